The Hall–Kier alpha value is -2.66. The molecular weight excluding hydrogens is 352 g/mol. The fourth-order valence-corrected chi connectivity index (χ4v) is 2.97. The van der Waals surface area contributed by atoms with Crippen LogP contribution in [0, 0.1) is 18.8 Å². The Morgan fingerprint density at radius 2 is 1.65 bits per heavy atom. The molecule has 0 aromatic heterocycles. The minimum absolute atomic E-state index is 0.0679. The average Bonchev–Trinajstić information content (AvgIpc) is 3.40. The number of amides is 2. The number of benzene rings is 2. The Labute approximate surface area is 156 Å². The number of carbonyl (C=O) groups is 3. The second kappa shape index (κ2) is 7.30. The maximum absolute atomic E-state index is 12.4. The molecule has 26 heavy (non-hydrogen) atoms. The third-order valence-corrected chi connectivity index (χ3v) is 4.94. The molecule has 2 N–H and O–H groups in total. The lowest BCUT2D eigenvalue weighted by molar-refractivity contribution is -0.122. The smallest absolute Gasteiger partial charge is 0.228 e. The van der Waals surface area contributed by atoms with Gasteiger partial charge in [0, 0.05) is 22.0 Å². The van der Waals surface area contributed by atoms with E-state index in [9.17, 15) is 14.4 Å². The maximum atomic E-state index is 12.4. The van der Waals surface area contributed by atoms with Crippen LogP contribution < -0.4 is 10.6 Å². The molecular formula is C20H19ClN2O3. The van der Waals surface area contributed by atoms with Crippen LogP contribution in [0.15, 0.2) is 42.5 Å². The molecule has 134 valence electrons. The highest BCUT2D eigenvalue weighted by molar-refractivity contribution is 6.31. The standard InChI is InChI=1S/C20H19ClN2O3/c1-11-17(21)7-4-8-18(11)23-20(26)16-10-15(16)19(25)22-14-6-3-5-13(9-14)12(2)24/h3-9,15-16H,10H2,1-2H3,(H,22,25)(H,23,26). The zero-order valence-corrected chi connectivity index (χ0v) is 15.3. The predicted molar refractivity (Wildman–Crippen MR) is 101 cm³/mol. The molecule has 2 unspecified atom stereocenters. The minimum atomic E-state index is -0.365. The van der Waals surface area contributed by atoms with Crippen molar-refractivity contribution in [3.8, 4) is 0 Å². The first-order chi connectivity index (χ1) is 12.4. The number of Topliss-reactive ketones (excluding diaryl/α,β-unsaturated/α-hetero) is 1. The first kappa shape index (κ1) is 18.1. The van der Waals surface area contributed by atoms with Crippen LogP contribution >= 0.6 is 11.6 Å². The highest BCUT2D eigenvalue weighted by Crippen LogP contribution is 2.40. The van der Waals surface area contributed by atoms with E-state index in [1.807, 2.05) is 6.92 Å². The van der Waals surface area contributed by atoms with Gasteiger partial charge in [0.1, 0.15) is 0 Å². The van der Waals surface area contributed by atoms with Gasteiger partial charge >= 0.3 is 0 Å². The van der Waals surface area contributed by atoms with Crippen LogP contribution in [0.1, 0.15) is 29.3 Å². The monoisotopic (exact) mass is 370 g/mol. The first-order valence-corrected chi connectivity index (χ1v) is 8.72. The normalized spacial score (nSPS) is 18.1. The van der Waals surface area contributed by atoms with Gasteiger partial charge in [0.2, 0.25) is 11.8 Å². The number of hydrogen-bond acceptors (Lipinski definition) is 3. The van der Waals surface area contributed by atoms with Gasteiger partial charge < -0.3 is 10.6 Å². The fraction of sp³-hybridized carbons (Fsp3) is 0.250. The number of halogens is 1. The van der Waals surface area contributed by atoms with E-state index in [2.05, 4.69) is 10.6 Å². The minimum Gasteiger partial charge on any atom is -0.326 e. The third-order valence-electron chi connectivity index (χ3n) is 4.53. The summed E-state index contributed by atoms with van der Waals surface area (Å²) in [5.41, 5.74) is 2.54. The second-order valence-electron chi connectivity index (χ2n) is 6.48. The molecule has 2 aromatic carbocycles. The average molecular weight is 371 g/mol. The van der Waals surface area contributed by atoms with Crippen molar-refractivity contribution in [1.29, 1.82) is 0 Å². The van der Waals surface area contributed by atoms with Crippen LogP contribution in [0.2, 0.25) is 5.02 Å². The van der Waals surface area contributed by atoms with E-state index in [0.717, 1.165) is 5.56 Å². The van der Waals surface area contributed by atoms with Gasteiger partial charge in [0.15, 0.2) is 5.78 Å². The summed E-state index contributed by atoms with van der Waals surface area (Å²) in [4.78, 5) is 36.1. The van der Waals surface area contributed by atoms with Crippen molar-refractivity contribution in [2.24, 2.45) is 11.8 Å². The molecule has 1 saturated carbocycles. The highest BCUT2D eigenvalue weighted by atomic mass is 35.5. The van der Waals surface area contributed by atoms with Crippen LogP contribution in [0.3, 0.4) is 0 Å². The molecule has 0 aliphatic heterocycles. The maximum Gasteiger partial charge on any atom is 0.228 e. The second-order valence-corrected chi connectivity index (χ2v) is 6.88. The van der Waals surface area contributed by atoms with Gasteiger partial charge in [-0.3, -0.25) is 14.4 Å². The summed E-state index contributed by atoms with van der Waals surface area (Å²) >= 11 is 6.06. The van der Waals surface area contributed by atoms with E-state index in [1.165, 1.54) is 6.92 Å². The largest absolute Gasteiger partial charge is 0.326 e. The van der Waals surface area contributed by atoms with Gasteiger partial charge in [-0.2, -0.15) is 0 Å². The lowest BCUT2D eigenvalue weighted by Crippen LogP contribution is -2.21. The Balaban J connectivity index is 1.60. The lowest BCUT2D eigenvalue weighted by atomic mass is 10.1. The molecule has 0 saturated heterocycles. The van der Waals surface area contributed by atoms with Gasteiger partial charge in [0.05, 0.1) is 11.8 Å². The van der Waals surface area contributed by atoms with Crippen molar-refractivity contribution in [3.05, 3.63) is 58.6 Å². The SMILES string of the molecule is CC(=O)c1cccc(NC(=O)C2CC2C(=O)Nc2cccc(Cl)c2C)c1. The van der Waals surface area contributed by atoms with Crippen molar-refractivity contribution >= 4 is 40.6 Å². The number of anilines is 2. The van der Waals surface area contributed by atoms with Gasteiger partial charge in [-0.1, -0.05) is 29.8 Å². The Morgan fingerprint density at radius 3 is 2.35 bits per heavy atom. The molecule has 1 aliphatic rings. The number of rotatable bonds is 5. The van der Waals surface area contributed by atoms with Gasteiger partial charge in [0.25, 0.3) is 0 Å². The molecule has 5 nitrogen and oxygen atoms in total. The number of nitrogens with one attached hydrogen (secondary N) is 2. The number of hydrogen-bond donors (Lipinski definition) is 2. The summed E-state index contributed by atoms with van der Waals surface area (Å²) in [7, 11) is 0. The molecule has 2 aromatic rings. The molecule has 0 heterocycles. The summed E-state index contributed by atoms with van der Waals surface area (Å²) in [6.07, 6.45) is 0.504. The van der Waals surface area contributed by atoms with E-state index in [-0.39, 0.29) is 29.4 Å². The van der Waals surface area contributed by atoms with Gasteiger partial charge in [-0.15, -0.1) is 0 Å². The summed E-state index contributed by atoms with van der Waals surface area (Å²) < 4.78 is 0. The number of ketones is 1. The third kappa shape index (κ3) is 3.94. The lowest BCUT2D eigenvalue weighted by Gasteiger charge is -2.09. The Bertz CT molecular complexity index is 894. The van der Waals surface area contributed by atoms with Crippen LogP contribution in [0.4, 0.5) is 11.4 Å². The summed E-state index contributed by atoms with van der Waals surface area (Å²) in [5, 5.41) is 6.20. The van der Waals surface area contributed by atoms with Crippen LogP contribution in [-0.2, 0) is 9.59 Å². The quantitative estimate of drug-likeness (QED) is 0.779. The Kier molecular flexibility index (Phi) is 5.09. The summed E-state index contributed by atoms with van der Waals surface area (Å²) in [5.74, 6) is -1.19. The topological polar surface area (TPSA) is 75.3 Å². The van der Waals surface area contributed by atoms with E-state index in [4.69, 9.17) is 11.6 Å². The molecule has 2 amide bonds. The number of carbonyl (C=O) groups excluding carboxylic acids is 3. The summed E-state index contributed by atoms with van der Waals surface area (Å²) in [6.45, 7) is 3.30. The molecule has 1 aliphatic carbocycles. The highest BCUT2D eigenvalue weighted by Gasteiger charge is 2.48. The molecule has 0 radical (unpaired) electrons. The van der Waals surface area contributed by atoms with Crippen molar-refractivity contribution in [1.82, 2.24) is 0 Å². The van der Waals surface area contributed by atoms with Crippen LogP contribution in [-0.4, -0.2) is 17.6 Å². The molecule has 1 fully saturated rings. The fourth-order valence-electron chi connectivity index (χ4n) is 2.79. The molecule has 3 rings (SSSR count). The first-order valence-electron chi connectivity index (χ1n) is 8.34. The molecule has 6 heteroatoms. The van der Waals surface area contributed by atoms with Crippen molar-refractivity contribution in [3.63, 3.8) is 0 Å². The summed E-state index contributed by atoms with van der Waals surface area (Å²) in [6, 6.07) is 12.1. The predicted octanol–water partition coefficient (Wildman–Crippen LogP) is 4.06. The van der Waals surface area contributed by atoms with E-state index < -0.39 is 0 Å². The molecule has 0 spiro atoms. The van der Waals surface area contributed by atoms with E-state index >= 15 is 0 Å². The van der Waals surface area contributed by atoms with Gasteiger partial charge in [-0.05, 0) is 50.1 Å². The zero-order valence-electron chi connectivity index (χ0n) is 14.5. The van der Waals surface area contributed by atoms with E-state index in [1.54, 1.807) is 42.5 Å². The molecule has 0 bridgehead atoms. The Morgan fingerprint density at radius 1 is 1.00 bits per heavy atom. The van der Waals surface area contributed by atoms with Gasteiger partial charge in [-0.25, -0.2) is 0 Å². The van der Waals surface area contributed by atoms with Crippen molar-refractivity contribution in [2.75, 3.05) is 10.6 Å². The van der Waals surface area contributed by atoms with Crippen molar-refractivity contribution in [2.45, 2.75) is 20.3 Å². The van der Waals surface area contributed by atoms with E-state index in [0.29, 0.717) is 28.4 Å². The van der Waals surface area contributed by atoms with Crippen molar-refractivity contribution < 1.29 is 14.4 Å². The molecule has 2 atom stereocenters. The van der Waals surface area contributed by atoms with Crippen LogP contribution in [0.25, 0.3) is 0 Å². The van der Waals surface area contributed by atoms with Crippen LogP contribution in [0.5, 0.6) is 0 Å². The zero-order chi connectivity index (χ0) is 18.8.